The summed E-state index contributed by atoms with van der Waals surface area (Å²) in [5, 5.41) is 0. The van der Waals surface area contributed by atoms with Crippen LogP contribution in [0.25, 0.3) is 5.69 Å². The largest absolute Gasteiger partial charge is 0.465 e. The van der Waals surface area contributed by atoms with Gasteiger partial charge in [-0.25, -0.2) is 4.98 Å². The standard InChI is InChI=1S/C26H29BrN4O2/c1-4-18(5-2)26(32)33-14-8-10-22-25-29-16-17(3)31(25)23-12-11-19(27)15-20(23)24(30-22)21-9-6-7-13-28-21/h6-7,9,11-13,15-16,18,22H,4-5,8,10,14H2,1-3H3/t22-/m0/s1. The van der Waals surface area contributed by atoms with Crippen molar-refractivity contribution in [1.29, 1.82) is 0 Å². The number of esters is 1. The molecule has 4 rings (SSSR count). The molecule has 0 unspecified atom stereocenters. The monoisotopic (exact) mass is 508 g/mol. The molecule has 3 heterocycles. The van der Waals surface area contributed by atoms with Gasteiger partial charge in [0.05, 0.1) is 29.6 Å². The molecule has 2 aromatic heterocycles. The number of nitrogens with zero attached hydrogens (tertiary/aromatic N) is 4. The van der Waals surface area contributed by atoms with Crippen molar-refractivity contribution in [1.82, 2.24) is 14.5 Å². The molecule has 33 heavy (non-hydrogen) atoms. The van der Waals surface area contributed by atoms with Gasteiger partial charge in [-0.2, -0.15) is 0 Å². The van der Waals surface area contributed by atoms with E-state index in [9.17, 15) is 4.79 Å². The van der Waals surface area contributed by atoms with Gasteiger partial charge in [-0.05, 0) is 62.9 Å². The molecule has 0 amide bonds. The van der Waals surface area contributed by atoms with Crippen LogP contribution in [-0.2, 0) is 9.53 Å². The van der Waals surface area contributed by atoms with Crippen molar-refractivity contribution in [2.45, 2.75) is 52.5 Å². The summed E-state index contributed by atoms with van der Waals surface area (Å²) in [6, 6.07) is 11.9. The number of ether oxygens (including phenoxy) is 1. The molecule has 0 radical (unpaired) electrons. The van der Waals surface area contributed by atoms with E-state index in [-0.39, 0.29) is 17.9 Å². The van der Waals surface area contributed by atoms with Crippen LogP contribution < -0.4 is 0 Å². The first-order valence-corrected chi connectivity index (χ1v) is 12.3. The van der Waals surface area contributed by atoms with Crippen molar-refractivity contribution in [3.05, 3.63) is 76.0 Å². The van der Waals surface area contributed by atoms with Crippen LogP contribution in [0, 0.1) is 12.8 Å². The zero-order chi connectivity index (χ0) is 23.4. The van der Waals surface area contributed by atoms with Crippen LogP contribution >= 0.6 is 15.9 Å². The summed E-state index contributed by atoms with van der Waals surface area (Å²) in [7, 11) is 0. The number of rotatable bonds is 8. The zero-order valence-corrected chi connectivity index (χ0v) is 20.9. The summed E-state index contributed by atoms with van der Waals surface area (Å²) in [6.07, 6.45) is 6.72. The van der Waals surface area contributed by atoms with Gasteiger partial charge in [-0.1, -0.05) is 35.8 Å². The minimum absolute atomic E-state index is 0.0221. The van der Waals surface area contributed by atoms with E-state index in [1.807, 2.05) is 44.3 Å². The average molecular weight is 509 g/mol. The number of hydrogen-bond acceptors (Lipinski definition) is 5. The van der Waals surface area contributed by atoms with Crippen LogP contribution in [0.5, 0.6) is 0 Å². The number of aromatic nitrogens is 3. The number of benzene rings is 1. The van der Waals surface area contributed by atoms with Gasteiger partial charge in [0.15, 0.2) is 0 Å². The van der Waals surface area contributed by atoms with Gasteiger partial charge < -0.3 is 4.74 Å². The van der Waals surface area contributed by atoms with Crippen molar-refractivity contribution in [2.75, 3.05) is 6.61 Å². The van der Waals surface area contributed by atoms with Crippen molar-refractivity contribution in [3.63, 3.8) is 0 Å². The predicted molar refractivity (Wildman–Crippen MR) is 133 cm³/mol. The van der Waals surface area contributed by atoms with Gasteiger partial charge in [-0.3, -0.25) is 19.3 Å². The first-order valence-electron chi connectivity index (χ1n) is 11.5. The highest BCUT2D eigenvalue weighted by Crippen LogP contribution is 2.34. The SMILES string of the molecule is CCC(CC)C(=O)OCCC[C@@H]1N=C(c2ccccn2)c2cc(Br)ccc2-n2c(C)cnc21. The molecule has 172 valence electrons. The smallest absolute Gasteiger partial charge is 0.308 e. The second-order valence-electron chi connectivity index (χ2n) is 8.29. The number of aliphatic imine (C=N–C) groups is 1. The van der Waals surface area contributed by atoms with Gasteiger partial charge in [-0.15, -0.1) is 0 Å². The maximum absolute atomic E-state index is 12.3. The van der Waals surface area contributed by atoms with Crippen LogP contribution in [0.1, 0.15) is 68.3 Å². The zero-order valence-electron chi connectivity index (χ0n) is 19.3. The fraction of sp³-hybridized carbons (Fsp3) is 0.385. The summed E-state index contributed by atoms with van der Waals surface area (Å²) in [4.78, 5) is 26.7. The number of aryl methyl sites for hydroxylation is 1. The van der Waals surface area contributed by atoms with E-state index < -0.39 is 0 Å². The molecule has 6 nitrogen and oxygen atoms in total. The minimum atomic E-state index is -0.172. The highest BCUT2D eigenvalue weighted by Gasteiger charge is 2.27. The number of carbonyl (C=O) groups excluding carboxylic acids is 1. The van der Waals surface area contributed by atoms with Gasteiger partial charge in [0.25, 0.3) is 0 Å². The van der Waals surface area contributed by atoms with Gasteiger partial charge >= 0.3 is 5.97 Å². The maximum atomic E-state index is 12.3. The third kappa shape index (κ3) is 4.93. The Morgan fingerprint density at radius 1 is 1.18 bits per heavy atom. The molecule has 0 N–H and O–H groups in total. The second kappa shape index (κ2) is 10.4. The van der Waals surface area contributed by atoms with Gasteiger partial charge in [0.2, 0.25) is 0 Å². The molecule has 0 spiro atoms. The Balaban J connectivity index is 1.67. The lowest BCUT2D eigenvalue weighted by Crippen LogP contribution is -2.17. The third-order valence-corrected chi connectivity index (χ3v) is 6.59. The normalized spacial score (nSPS) is 14.9. The molecule has 0 fully saturated rings. The van der Waals surface area contributed by atoms with E-state index in [1.165, 1.54) is 0 Å². The number of halogens is 1. The molecule has 0 aliphatic carbocycles. The first kappa shape index (κ1) is 23.4. The fourth-order valence-electron chi connectivity index (χ4n) is 4.27. The average Bonchev–Trinajstić information content (AvgIpc) is 3.14. The lowest BCUT2D eigenvalue weighted by Gasteiger charge is -2.15. The molecule has 1 aromatic carbocycles. The van der Waals surface area contributed by atoms with E-state index in [1.54, 1.807) is 6.20 Å². The minimum Gasteiger partial charge on any atom is -0.465 e. The predicted octanol–water partition coefficient (Wildman–Crippen LogP) is 5.99. The van der Waals surface area contributed by atoms with E-state index in [4.69, 9.17) is 14.7 Å². The summed E-state index contributed by atoms with van der Waals surface area (Å²) < 4.78 is 8.72. The van der Waals surface area contributed by atoms with Crippen molar-refractivity contribution >= 4 is 27.6 Å². The molecule has 1 atom stereocenters. The summed E-state index contributed by atoms with van der Waals surface area (Å²) in [5.74, 6) is 0.771. The number of carbonyl (C=O) groups is 1. The van der Waals surface area contributed by atoms with E-state index in [2.05, 4.69) is 44.5 Å². The maximum Gasteiger partial charge on any atom is 0.308 e. The van der Waals surface area contributed by atoms with Gasteiger partial charge in [0.1, 0.15) is 11.9 Å². The highest BCUT2D eigenvalue weighted by atomic mass is 79.9. The Hall–Kier alpha value is -2.80. The number of imidazole rings is 1. The van der Waals surface area contributed by atoms with Crippen molar-refractivity contribution in [2.24, 2.45) is 10.9 Å². The molecular weight excluding hydrogens is 480 g/mol. The third-order valence-electron chi connectivity index (χ3n) is 6.10. The molecule has 0 saturated heterocycles. The number of fused-ring (bicyclic) bond motifs is 3. The van der Waals surface area contributed by atoms with E-state index >= 15 is 0 Å². The quantitative estimate of drug-likeness (QED) is 0.276. The van der Waals surface area contributed by atoms with Crippen molar-refractivity contribution in [3.8, 4) is 5.69 Å². The van der Waals surface area contributed by atoms with Crippen LogP contribution in [-0.4, -0.2) is 32.8 Å². The summed E-state index contributed by atoms with van der Waals surface area (Å²) >= 11 is 3.62. The first-order chi connectivity index (χ1) is 16.0. The molecular formula is C26H29BrN4O2. The van der Waals surface area contributed by atoms with Crippen molar-refractivity contribution < 1.29 is 9.53 Å². The number of hydrogen-bond donors (Lipinski definition) is 0. The molecule has 7 heteroatoms. The summed E-state index contributed by atoms with van der Waals surface area (Å²) in [5.41, 5.74) is 4.76. The van der Waals surface area contributed by atoms with E-state index in [0.29, 0.717) is 13.0 Å². The second-order valence-corrected chi connectivity index (χ2v) is 9.20. The van der Waals surface area contributed by atoms with E-state index in [0.717, 1.165) is 57.9 Å². The fourth-order valence-corrected chi connectivity index (χ4v) is 4.63. The lowest BCUT2D eigenvalue weighted by atomic mass is 10.0. The molecule has 0 bridgehead atoms. The topological polar surface area (TPSA) is 69.4 Å². The Labute approximate surface area is 203 Å². The van der Waals surface area contributed by atoms with Crippen LogP contribution in [0.3, 0.4) is 0 Å². The summed E-state index contributed by atoms with van der Waals surface area (Å²) in [6.45, 7) is 6.49. The lowest BCUT2D eigenvalue weighted by molar-refractivity contribution is -0.148. The molecule has 1 aliphatic rings. The van der Waals surface area contributed by atoms with Gasteiger partial charge in [0, 0.05) is 28.1 Å². The highest BCUT2D eigenvalue weighted by molar-refractivity contribution is 9.10. The van der Waals surface area contributed by atoms with Crippen LogP contribution in [0.2, 0.25) is 0 Å². The molecule has 0 saturated carbocycles. The van der Waals surface area contributed by atoms with Crippen LogP contribution in [0.4, 0.5) is 0 Å². The number of pyridine rings is 1. The van der Waals surface area contributed by atoms with Crippen LogP contribution in [0.15, 0.2) is 58.3 Å². The Morgan fingerprint density at radius 2 is 2.00 bits per heavy atom. The Kier molecular flexibility index (Phi) is 7.38. The Bertz CT molecular complexity index is 1150. The Morgan fingerprint density at radius 3 is 2.73 bits per heavy atom. The molecule has 1 aliphatic heterocycles. The molecule has 3 aromatic rings.